The number of benzene rings is 1. The summed E-state index contributed by atoms with van der Waals surface area (Å²) in [7, 11) is 1.43. The minimum Gasteiger partial charge on any atom is -0.468 e. The number of esters is 1. The number of aryl methyl sites for hydroxylation is 1. The van der Waals surface area contributed by atoms with E-state index in [0.717, 1.165) is 35.2 Å². The summed E-state index contributed by atoms with van der Waals surface area (Å²) in [6.07, 6.45) is 4.89. The number of rotatable bonds is 5. The second-order valence-corrected chi connectivity index (χ2v) is 9.98. The van der Waals surface area contributed by atoms with Gasteiger partial charge in [-0.2, -0.15) is 9.78 Å². The fraction of sp³-hybridized carbons (Fsp3) is 0.345. The fourth-order valence-electron chi connectivity index (χ4n) is 5.53. The van der Waals surface area contributed by atoms with E-state index < -0.39 is 5.41 Å². The van der Waals surface area contributed by atoms with E-state index in [1.165, 1.54) is 7.11 Å². The molecule has 1 aliphatic carbocycles. The number of likely N-dealkylation sites (tertiary alicyclic amines) is 1. The van der Waals surface area contributed by atoms with Crippen molar-refractivity contribution in [1.29, 1.82) is 0 Å². The van der Waals surface area contributed by atoms with Gasteiger partial charge in [0.2, 0.25) is 0 Å². The van der Waals surface area contributed by atoms with Gasteiger partial charge in [0, 0.05) is 30.9 Å². The maximum atomic E-state index is 14.0. The molecule has 37 heavy (non-hydrogen) atoms. The van der Waals surface area contributed by atoms with Crippen LogP contribution >= 0.6 is 0 Å². The van der Waals surface area contributed by atoms with Crippen LogP contribution in [0.25, 0.3) is 16.9 Å². The van der Waals surface area contributed by atoms with Crippen molar-refractivity contribution in [3.05, 3.63) is 83.3 Å². The molecule has 8 heteroatoms. The van der Waals surface area contributed by atoms with Gasteiger partial charge in [0.25, 0.3) is 5.91 Å². The number of aromatic nitrogens is 4. The summed E-state index contributed by atoms with van der Waals surface area (Å²) < 4.78 is 6.96. The van der Waals surface area contributed by atoms with E-state index in [1.807, 2.05) is 66.4 Å². The number of ether oxygens (including phenoxy) is 1. The van der Waals surface area contributed by atoms with Gasteiger partial charge in [-0.05, 0) is 56.4 Å². The molecule has 1 saturated carbocycles. The molecular formula is C29H29N5O3. The first-order chi connectivity index (χ1) is 18.0. The molecule has 4 heterocycles. The van der Waals surface area contributed by atoms with Crippen LogP contribution in [0.4, 0.5) is 0 Å². The Morgan fingerprint density at radius 3 is 2.41 bits per heavy atom. The molecule has 0 unspecified atom stereocenters. The van der Waals surface area contributed by atoms with Crippen LogP contribution in [0.15, 0.2) is 60.8 Å². The van der Waals surface area contributed by atoms with Crippen molar-refractivity contribution >= 4 is 22.9 Å². The van der Waals surface area contributed by atoms with Crippen LogP contribution in [-0.2, 0) is 14.9 Å². The lowest BCUT2D eigenvalue weighted by atomic mass is 9.72. The highest BCUT2D eigenvalue weighted by Gasteiger charge is 2.45. The number of methoxy groups -OCH3 is 1. The Balaban J connectivity index is 1.37. The highest BCUT2D eigenvalue weighted by Crippen LogP contribution is 2.42. The molecule has 2 fully saturated rings. The van der Waals surface area contributed by atoms with Crippen molar-refractivity contribution in [2.75, 3.05) is 20.2 Å². The number of hydrogen-bond acceptors (Lipinski definition) is 6. The van der Waals surface area contributed by atoms with Crippen LogP contribution in [0.3, 0.4) is 0 Å². The largest absolute Gasteiger partial charge is 0.468 e. The summed E-state index contributed by atoms with van der Waals surface area (Å²) in [5.41, 5.74) is 3.14. The maximum Gasteiger partial charge on any atom is 0.316 e. The molecule has 1 aliphatic heterocycles. The van der Waals surface area contributed by atoms with Gasteiger partial charge in [-0.25, -0.2) is 9.97 Å². The lowest BCUT2D eigenvalue weighted by Crippen LogP contribution is -2.49. The van der Waals surface area contributed by atoms with Gasteiger partial charge in [-0.15, -0.1) is 0 Å². The summed E-state index contributed by atoms with van der Waals surface area (Å²) >= 11 is 0. The van der Waals surface area contributed by atoms with Gasteiger partial charge in [-0.3, -0.25) is 9.59 Å². The third-order valence-electron chi connectivity index (χ3n) is 7.73. The zero-order valence-electron chi connectivity index (χ0n) is 21.1. The lowest BCUT2D eigenvalue weighted by Gasteiger charge is -2.40. The van der Waals surface area contributed by atoms with Crippen molar-refractivity contribution in [2.45, 2.75) is 43.9 Å². The molecule has 1 amide bonds. The number of carbonyl (C=O) groups is 2. The number of nitrogens with zero attached hydrogens (tertiary/aromatic N) is 5. The quantitative estimate of drug-likeness (QED) is 0.383. The van der Waals surface area contributed by atoms with E-state index in [0.29, 0.717) is 48.9 Å². The second kappa shape index (κ2) is 9.10. The normalized spacial score (nSPS) is 17.1. The molecule has 6 rings (SSSR count). The maximum absolute atomic E-state index is 14.0. The monoisotopic (exact) mass is 495 g/mol. The second-order valence-electron chi connectivity index (χ2n) is 9.98. The Kier molecular flexibility index (Phi) is 5.74. The van der Waals surface area contributed by atoms with Gasteiger partial charge < -0.3 is 9.64 Å². The molecule has 4 aromatic rings. The summed E-state index contributed by atoms with van der Waals surface area (Å²) in [4.78, 5) is 38.3. The fourth-order valence-corrected chi connectivity index (χ4v) is 5.53. The third kappa shape index (κ3) is 3.97. The summed E-state index contributed by atoms with van der Waals surface area (Å²) in [5.74, 6) is 0.739. The number of piperidine rings is 1. The topological polar surface area (TPSA) is 90.2 Å². The highest BCUT2D eigenvalue weighted by molar-refractivity contribution is 6.07. The van der Waals surface area contributed by atoms with E-state index in [-0.39, 0.29) is 11.9 Å². The van der Waals surface area contributed by atoms with Gasteiger partial charge in [0.1, 0.15) is 0 Å². The molecule has 2 aliphatic rings. The molecule has 1 saturated heterocycles. The van der Waals surface area contributed by atoms with E-state index in [9.17, 15) is 9.59 Å². The molecule has 0 spiro atoms. The molecule has 0 N–H and O–H groups in total. The highest BCUT2D eigenvalue weighted by atomic mass is 16.5. The summed E-state index contributed by atoms with van der Waals surface area (Å²) in [6, 6.07) is 17.4. The third-order valence-corrected chi connectivity index (χ3v) is 7.73. The molecule has 188 valence electrons. The van der Waals surface area contributed by atoms with Crippen LogP contribution in [0.1, 0.15) is 58.9 Å². The van der Waals surface area contributed by atoms with Crippen LogP contribution in [0, 0.1) is 6.92 Å². The van der Waals surface area contributed by atoms with Crippen molar-refractivity contribution < 1.29 is 14.3 Å². The minimum absolute atomic E-state index is 0.0514. The average molecular weight is 496 g/mol. The zero-order valence-corrected chi connectivity index (χ0v) is 21.1. The zero-order chi connectivity index (χ0) is 25.6. The predicted octanol–water partition coefficient (Wildman–Crippen LogP) is 4.35. The van der Waals surface area contributed by atoms with E-state index in [2.05, 4.69) is 4.98 Å². The molecule has 8 nitrogen and oxygen atoms in total. The smallest absolute Gasteiger partial charge is 0.316 e. The number of amides is 1. The van der Waals surface area contributed by atoms with Crippen LogP contribution in [-0.4, -0.2) is 56.7 Å². The Hall–Kier alpha value is -4.07. The first kappa shape index (κ1) is 23.3. The Morgan fingerprint density at radius 2 is 1.76 bits per heavy atom. The summed E-state index contributed by atoms with van der Waals surface area (Å²) in [5, 5.41) is 5.48. The van der Waals surface area contributed by atoms with Crippen molar-refractivity contribution in [2.24, 2.45) is 0 Å². The number of pyridine rings is 2. The molecule has 1 aromatic carbocycles. The minimum atomic E-state index is -0.751. The molecule has 0 atom stereocenters. The van der Waals surface area contributed by atoms with Crippen molar-refractivity contribution in [3.8, 4) is 5.82 Å². The number of carbonyl (C=O) groups excluding carboxylic acids is 2. The molecule has 0 bridgehead atoms. The first-order valence-electron chi connectivity index (χ1n) is 12.8. The van der Waals surface area contributed by atoms with Gasteiger partial charge in [0.05, 0.1) is 29.2 Å². The van der Waals surface area contributed by atoms with Crippen LogP contribution < -0.4 is 0 Å². The molecule has 3 aromatic heterocycles. The number of fused-ring (bicyclic) bond motifs is 1. The standard InChI is InChI=1S/C29H29N5O3/c1-19-25-22(18-23(20-11-12-20)31-26(25)34(32-19)24-10-6-7-15-30-24)27(35)33-16-13-29(14-17-33,28(36)37-2)21-8-4-3-5-9-21/h3-10,15,18,20H,11-14,16-17H2,1-2H3. The first-order valence-corrected chi connectivity index (χ1v) is 12.8. The Bertz CT molecular complexity index is 1470. The van der Waals surface area contributed by atoms with Crippen LogP contribution in [0.2, 0.25) is 0 Å². The predicted molar refractivity (Wildman–Crippen MR) is 139 cm³/mol. The van der Waals surface area contributed by atoms with E-state index in [1.54, 1.807) is 10.9 Å². The molecular weight excluding hydrogens is 466 g/mol. The average Bonchev–Trinajstić information content (AvgIpc) is 3.76. The summed E-state index contributed by atoms with van der Waals surface area (Å²) in [6.45, 7) is 2.82. The van der Waals surface area contributed by atoms with Gasteiger partial charge in [0.15, 0.2) is 11.5 Å². The van der Waals surface area contributed by atoms with Gasteiger partial charge >= 0.3 is 5.97 Å². The van der Waals surface area contributed by atoms with Crippen molar-refractivity contribution in [3.63, 3.8) is 0 Å². The lowest BCUT2D eigenvalue weighted by molar-refractivity contribution is -0.149. The van der Waals surface area contributed by atoms with Gasteiger partial charge in [-0.1, -0.05) is 36.4 Å². The van der Waals surface area contributed by atoms with E-state index >= 15 is 0 Å². The SMILES string of the molecule is COC(=O)C1(c2ccccc2)CCN(C(=O)c2cc(C3CC3)nc3c2c(C)nn3-c2ccccn2)CC1. The van der Waals surface area contributed by atoms with Crippen LogP contribution in [0.5, 0.6) is 0 Å². The Morgan fingerprint density at radius 1 is 1.03 bits per heavy atom. The van der Waals surface area contributed by atoms with Crippen molar-refractivity contribution in [1.82, 2.24) is 24.6 Å². The Labute approximate surface area is 215 Å². The molecule has 0 radical (unpaired) electrons. The number of hydrogen-bond donors (Lipinski definition) is 0. The van der Waals surface area contributed by atoms with E-state index in [4.69, 9.17) is 14.8 Å².